The highest BCUT2D eigenvalue weighted by Gasteiger charge is 2.46. The number of aromatic hydroxyl groups is 2. The molecule has 1 fully saturated rings. The Labute approximate surface area is 186 Å². The van der Waals surface area contributed by atoms with Crippen LogP contribution in [0.3, 0.4) is 0 Å². The lowest BCUT2D eigenvalue weighted by atomic mass is 9.88. The third kappa shape index (κ3) is 4.17. The SMILES string of the molecule is O=C1c2c(O)cc(O)cc2O[C@@H](C2=CC=C(O)C(O[C@@H]3O[C@H](CO)[C@@H](O)[C@H](O)[C@H]3O)C2)[C@@H]1O. The van der Waals surface area contributed by atoms with Gasteiger partial charge in [-0.1, -0.05) is 6.08 Å². The van der Waals surface area contributed by atoms with E-state index in [0.717, 1.165) is 12.1 Å². The maximum atomic E-state index is 12.6. The van der Waals surface area contributed by atoms with Crippen molar-refractivity contribution in [1.82, 2.24) is 0 Å². The van der Waals surface area contributed by atoms with Crippen LogP contribution in [0.1, 0.15) is 16.8 Å². The van der Waals surface area contributed by atoms with Gasteiger partial charge in [0.15, 0.2) is 18.5 Å². The number of aliphatic hydroxyl groups excluding tert-OH is 6. The molecule has 1 unspecified atom stereocenters. The van der Waals surface area contributed by atoms with Crippen molar-refractivity contribution in [3.8, 4) is 17.2 Å². The highest BCUT2D eigenvalue weighted by molar-refractivity contribution is 6.05. The summed E-state index contributed by atoms with van der Waals surface area (Å²) in [5, 5.41) is 79.7. The predicted molar refractivity (Wildman–Crippen MR) is 107 cm³/mol. The number of rotatable bonds is 4. The Hall–Kier alpha value is -2.71. The molecule has 4 rings (SSSR count). The van der Waals surface area contributed by atoms with Crippen LogP contribution >= 0.6 is 0 Å². The number of allylic oxidation sites excluding steroid dienone is 2. The Morgan fingerprint density at radius 3 is 2.42 bits per heavy atom. The molecule has 1 aromatic rings. The van der Waals surface area contributed by atoms with Gasteiger partial charge in [-0.2, -0.15) is 0 Å². The number of fused-ring (bicyclic) bond motifs is 1. The monoisotopic (exact) mass is 468 g/mol. The van der Waals surface area contributed by atoms with Crippen molar-refractivity contribution in [3.05, 3.63) is 41.2 Å². The van der Waals surface area contributed by atoms with E-state index in [-0.39, 0.29) is 29.2 Å². The van der Waals surface area contributed by atoms with Crippen LogP contribution in [0, 0.1) is 0 Å². The van der Waals surface area contributed by atoms with E-state index in [1.807, 2.05) is 0 Å². The smallest absolute Gasteiger partial charge is 0.202 e. The molecule has 12 heteroatoms. The van der Waals surface area contributed by atoms with Crippen molar-refractivity contribution in [2.75, 3.05) is 6.61 Å². The maximum Gasteiger partial charge on any atom is 0.202 e. The molecule has 12 nitrogen and oxygen atoms in total. The molecule has 1 saturated heterocycles. The molecule has 2 aliphatic heterocycles. The molecule has 33 heavy (non-hydrogen) atoms. The number of aliphatic hydroxyl groups is 6. The summed E-state index contributed by atoms with van der Waals surface area (Å²) in [5.41, 5.74) is 0.0252. The quantitative estimate of drug-likeness (QED) is 0.250. The van der Waals surface area contributed by atoms with Gasteiger partial charge in [0.05, 0.1) is 6.61 Å². The lowest BCUT2D eigenvalue weighted by molar-refractivity contribution is -0.310. The second-order valence-corrected chi connectivity index (χ2v) is 8.04. The zero-order valence-corrected chi connectivity index (χ0v) is 17.1. The van der Waals surface area contributed by atoms with Gasteiger partial charge in [0.2, 0.25) is 5.78 Å². The average Bonchev–Trinajstić information content (AvgIpc) is 2.77. The lowest BCUT2D eigenvalue weighted by Gasteiger charge is -2.41. The minimum absolute atomic E-state index is 0.132. The molecule has 1 aliphatic carbocycles. The summed E-state index contributed by atoms with van der Waals surface area (Å²) in [6.45, 7) is -0.661. The molecular formula is C21H24O12. The molecular weight excluding hydrogens is 444 g/mol. The molecule has 0 amide bonds. The molecule has 8 N–H and O–H groups in total. The van der Waals surface area contributed by atoms with E-state index in [9.17, 15) is 45.6 Å². The molecule has 8 atom stereocenters. The first-order valence-corrected chi connectivity index (χ1v) is 10.1. The Balaban J connectivity index is 1.54. The number of ether oxygens (including phenoxy) is 3. The van der Waals surface area contributed by atoms with Crippen LogP contribution in [-0.4, -0.2) is 102 Å². The number of hydrogen-bond acceptors (Lipinski definition) is 12. The van der Waals surface area contributed by atoms with E-state index in [2.05, 4.69) is 0 Å². The number of carbonyl (C=O) groups excluding carboxylic acids is 1. The van der Waals surface area contributed by atoms with Crippen molar-refractivity contribution in [2.24, 2.45) is 0 Å². The van der Waals surface area contributed by atoms with Gasteiger partial charge in [-0.05, 0) is 11.6 Å². The Bertz CT molecular complexity index is 986. The largest absolute Gasteiger partial charge is 0.510 e. The maximum absolute atomic E-state index is 12.6. The fourth-order valence-corrected chi connectivity index (χ4v) is 4.05. The van der Waals surface area contributed by atoms with Gasteiger partial charge in [0.1, 0.15) is 59.1 Å². The Morgan fingerprint density at radius 1 is 1.00 bits per heavy atom. The standard InChI is InChI=1S/C21H24O12/c22-6-13-15(26)17(28)19(30)21(33-13)32-11-3-7(1-2-9(11)24)20-18(29)16(27)14-10(25)4-8(23)5-12(14)31-20/h1-2,4-5,11,13,15,17-26,28-30H,3,6H2/t11?,13-,15-,17+,18-,19-,20+,21-/m1/s1. The predicted octanol–water partition coefficient (Wildman–Crippen LogP) is -1.64. The lowest BCUT2D eigenvalue weighted by Crippen LogP contribution is -2.59. The van der Waals surface area contributed by atoms with Gasteiger partial charge >= 0.3 is 0 Å². The third-order valence-corrected chi connectivity index (χ3v) is 5.85. The first-order chi connectivity index (χ1) is 15.6. The molecule has 0 spiro atoms. The normalized spacial score (nSPS) is 36.5. The zero-order valence-electron chi connectivity index (χ0n) is 17.1. The molecule has 0 bridgehead atoms. The molecule has 2 heterocycles. The number of ketones is 1. The summed E-state index contributed by atoms with van der Waals surface area (Å²) >= 11 is 0. The second-order valence-electron chi connectivity index (χ2n) is 8.04. The number of phenolic OH excluding ortho intramolecular Hbond substituents is 2. The Morgan fingerprint density at radius 2 is 1.73 bits per heavy atom. The van der Waals surface area contributed by atoms with E-state index >= 15 is 0 Å². The van der Waals surface area contributed by atoms with Crippen LogP contribution in [0.25, 0.3) is 0 Å². The highest BCUT2D eigenvalue weighted by Crippen LogP contribution is 2.40. The van der Waals surface area contributed by atoms with Gasteiger partial charge in [-0.15, -0.1) is 0 Å². The first-order valence-electron chi connectivity index (χ1n) is 10.1. The van der Waals surface area contributed by atoms with Crippen LogP contribution in [0.4, 0.5) is 0 Å². The number of hydrogen-bond donors (Lipinski definition) is 8. The first kappa shape index (κ1) is 23.4. The minimum atomic E-state index is -1.71. The van der Waals surface area contributed by atoms with Gasteiger partial charge in [-0.3, -0.25) is 4.79 Å². The van der Waals surface area contributed by atoms with Crippen molar-refractivity contribution in [3.63, 3.8) is 0 Å². The van der Waals surface area contributed by atoms with Crippen molar-refractivity contribution >= 4 is 5.78 Å². The summed E-state index contributed by atoms with van der Waals surface area (Å²) in [6.07, 6.45) is -9.30. The minimum Gasteiger partial charge on any atom is -0.510 e. The fourth-order valence-electron chi connectivity index (χ4n) is 4.05. The molecule has 0 saturated carbocycles. The summed E-state index contributed by atoms with van der Waals surface area (Å²) < 4.78 is 16.5. The van der Waals surface area contributed by atoms with E-state index in [4.69, 9.17) is 14.2 Å². The number of carbonyl (C=O) groups is 1. The van der Waals surface area contributed by atoms with Crippen molar-refractivity contribution in [2.45, 2.75) is 55.4 Å². The third-order valence-electron chi connectivity index (χ3n) is 5.85. The van der Waals surface area contributed by atoms with E-state index in [1.165, 1.54) is 12.2 Å². The summed E-state index contributed by atoms with van der Waals surface area (Å²) in [4.78, 5) is 12.6. The van der Waals surface area contributed by atoms with Gasteiger partial charge in [0, 0.05) is 18.6 Å². The Kier molecular flexibility index (Phi) is 6.33. The molecule has 3 aliphatic rings. The van der Waals surface area contributed by atoms with Crippen LogP contribution in [0.2, 0.25) is 0 Å². The van der Waals surface area contributed by atoms with Crippen LogP contribution in [0.5, 0.6) is 17.2 Å². The number of benzene rings is 1. The number of phenols is 2. The van der Waals surface area contributed by atoms with Crippen molar-refractivity contribution < 1.29 is 59.9 Å². The van der Waals surface area contributed by atoms with Crippen LogP contribution in [0.15, 0.2) is 35.6 Å². The van der Waals surface area contributed by atoms with E-state index in [0.29, 0.717) is 5.57 Å². The summed E-state index contributed by atoms with van der Waals surface area (Å²) in [6, 6.07) is 2.06. The topological polar surface area (TPSA) is 207 Å². The highest BCUT2D eigenvalue weighted by atomic mass is 16.7. The average molecular weight is 468 g/mol. The van der Waals surface area contributed by atoms with Gasteiger partial charge in [-0.25, -0.2) is 0 Å². The molecule has 180 valence electrons. The zero-order chi connectivity index (χ0) is 24.0. The van der Waals surface area contributed by atoms with Gasteiger partial charge < -0.3 is 55.1 Å². The van der Waals surface area contributed by atoms with Crippen molar-refractivity contribution in [1.29, 1.82) is 0 Å². The van der Waals surface area contributed by atoms with Crippen LogP contribution < -0.4 is 4.74 Å². The van der Waals surface area contributed by atoms with Crippen LogP contribution in [-0.2, 0) is 9.47 Å². The second kappa shape index (κ2) is 8.91. The fraction of sp³-hybridized carbons (Fsp3) is 0.476. The van der Waals surface area contributed by atoms with Gasteiger partial charge in [0.25, 0.3) is 0 Å². The van der Waals surface area contributed by atoms with E-state index in [1.54, 1.807) is 0 Å². The van der Waals surface area contributed by atoms with E-state index < -0.39 is 67.2 Å². The molecule has 0 aromatic heterocycles. The summed E-state index contributed by atoms with van der Waals surface area (Å²) in [5.74, 6) is -2.16. The molecule has 0 radical (unpaired) electrons. The number of Topliss-reactive ketones (excluding diaryl/α,β-unsaturated/α-hetero) is 1. The summed E-state index contributed by atoms with van der Waals surface area (Å²) in [7, 11) is 0. The molecule has 1 aromatic carbocycles.